The number of H-pyrrole nitrogens is 1. The van der Waals surface area contributed by atoms with Crippen molar-refractivity contribution in [3.05, 3.63) is 44.9 Å². The van der Waals surface area contributed by atoms with Crippen molar-refractivity contribution in [3.8, 4) is 0 Å². The number of hydrogen-bond donors (Lipinski definition) is 6. The van der Waals surface area contributed by atoms with Crippen LogP contribution in [0.4, 0.5) is 0 Å². The SMILES string of the molecule is COC1C(O)[C@@H](C(O[C@H]2OC(C(=O)NN3CCCCC3)=CC(O)C2O)C(N)=O)O[C@H]1n1ccc(=O)[nH]c1=O. The summed E-state index contributed by atoms with van der Waals surface area (Å²) in [5.41, 5.74) is 6.63. The van der Waals surface area contributed by atoms with Crippen LogP contribution in [-0.4, -0.2) is 105 Å². The fourth-order valence-corrected chi connectivity index (χ4v) is 4.57. The van der Waals surface area contributed by atoms with E-state index in [1.165, 1.54) is 7.11 Å². The van der Waals surface area contributed by atoms with Gasteiger partial charge in [0.2, 0.25) is 12.2 Å². The van der Waals surface area contributed by atoms with E-state index in [4.69, 9.17) is 24.7 Å². The van der Waals surface area contributed by atoms with Crippen molar-refractivity contribution >= 4 is 11.8 Å². The van der Waals surface area contributed by atoms with Crippen molar-refractivity contribution in [1.82, 2.24) is 20.0 Å². The van der Waals surface area contributed by atoms with Gasteiger partial charge in [-0.25, -0.2) is 9.80 Å². The second-order valence-corrected chi connectivity index (χ2v) is 9.15. The zero-order valence-corrected chi connectivity index (χ0v) is 20.5. The van der Waals surface area contributed by atoms with Crippen LogP contribution in [0, 0.1) is 0 Å². The van der Waals surface area contributed by atoms with Gasteiger partial charge in [-0.05, 0) is 18.9 Å². The lowest BCUT2D eigenvalue weighted by atomic mass is 10.0. The fourth-order valence-electron chi connectivity index (χ4n) is 4.57. The van der Waals surface area contributed by atoms with Crippen LogP contribution in [-0.2, 0) is 28.5 Å². The molecule has 8 atom stereocenters. The molecule has 0 aliphatic carbocycles. The number of methoxy groups -OCH3 is 1. The number of aliphatic hydroxyl groups excluding tert-OH is 3. The topological polar surface area (TPSA) is 228 Å². The summed E-state index contributed by atoms with van der Waals surface area (Å²) in [6.45, 7) is 1.26. The van der Waals surface area contributed by atoms with Gasteiger partial charge in [0.25, 0.3) is 5.56 Å². The maximum absolute atomic E-state index is 12.7. The molecule has 0 aromatic carbocycles. The van der Waals surface area contributed by atoms with E-state index in [2.05, 4.69) is 5.43 Å². The Bertz CT molecular complexity index is 1160. The summed E-state index contributed by atoms with van der Waals surface area (Å²) < 4.78 is 23.0. The van der Waals surface area contributed by atoms with Gasteiger partial charge >= 0.3 is 11.6 Å². The largest absolute Gasteiger partial charge is 0.456 e. The van der Waals surface area contributed by atoms with E-state index >= 15 is 0 Å². The van der Waals surface area contributed by atoms with Gasteiger partial charge in [0.1, 0.15) is 30.5 Å². The highest BCUT2D eigenvalue weighted by atomic mass is 16.7. The lowest BCUT2D eigenvalue weighted by molar-refractivity contribution is -0.241. The van der Waals surface area contributed by atoms with Crippen molar-refractivity contribution in [2.24, 2.45) is 5.73 Å². The number of aromatic amines is 1. The highest BCUT2D eigenvalue weighted by molar-refractivity contribution is 5.91. The van der Waals surface area contributed by atoms with Crippen LogP contribution in [0.25, 0.3) is 0 Å². The highest BCUT2D eigenvalue weighted by Gasteiger charge is 2.52. The van der Waals surface area contributed by atoms with E-state index in [0.29, 0.717) is 13.1 Å². The molecule has 4 heterocycles. The van der Waals surface area contributed by atoms with Crippen LogP contribution >= 0.6 is 0 Å². The summed E-state index contributed by atoms with van der Waals surface area (Å²) in [5.74, 6) is -2.20. The van der Waals surface area contributed by atoms with Gasteiger partial charge in [-0.1, -0.05) is 6.42 Å². The first-order chi connectivity index (χ1) is 18.1. The lowest BCUT2D eigenvalue weighted by Gasteiger charge is -2.35. The molecule has 3 aliphatic rings. The Labute approximate surface area is 215 Å². The molecule has 16 nitrogen and oxygen atoms in total. The number of rotatable bonds is 8. The molecule has 4 rings (SSSR count). The molecule has 3 aliphatic heterocycles. The molecule has 0 radical (unpaired) electrons. The number of nitrogens with zero attached hydrogens (tertiary/aromatic N) is 2. The Morgan fingerprint density at radius 2 is 1.89 bits per heavy atom. The van der Waals surface area contributed by atoms with Crippen molar-refractivity contribution < 1.29 is 43.9 Å². The molecule has 38 heavy (non-hydrogen) atoms. The molecule has 5 unspecified atom stereocenters. The van der Waals surface area contributed by atoms with Gasteiger partial charge in [0.05, 0.1) is 0 Å². The van der Waals surface area contributed by atoms with E-state index in [1.54, 1.807) is 5.01 Å². The number of ether oxygens (including phenoxy) is 4. The predicted octanol–water partition coefficient (Wildman–Crippen LogP) is -3.84. The normalized spacial score (nSPS) is 32.7. The van der Waals surface area contributed by atoms with E-state index < -0.39 is 72.2 Å². The summed E-state index contributed by atoms with van der Waals surface area (Å²) >= 11 is 0. The first-order valence-corrected chi connectivity index (χ1v) is 12.0. The van der Waals surface area contributed by atoms with Gasteiger partial charge in [0.15, 0.2) is 18.1 Å². The Kier molecular flexibility index (Phi) is 8.61. The molecule has 16 heteroatoms. The minimum Gasteiger partial charge on any atom is -0.456 e. The van der Waals surface area contributed by atoms with E-state index in [9.17, 15) is 34.5 Å². The van der Waals surface area contributed by atoms with Crippen LogP contribution < -0.4 is 22.4 Å². The monoisotopic (exact) mass is 541 g/mol. The van der Waals surface area contributed by atoms with Gasteiger partial charge < -0.3 is 40.0 Å². The number of aliphatic hydroxyl groups is 3. The Hall–Kier alpha value is -3.12. The summed E-state index contributed by atoms with van der Waals surface area (Å²) in [4.78, 5) is 50.8. The molecule has 7 N–H and O–H groups in total. The Morgan fingerprint density at radius 1 is 1.18 bits per heavy atom. The minimum atomic E-state index is -1.79. The Balaban J connectivity index is 1.52. The van der Waals surface area contributed by atoms with E-state index in [0.717, 1.165) is 42.2 Å². The number of nitrogens with two attached hydrogens (primary N) is 1. The Morgan fingerprint density at radius 3 is 2.53 bits per heavy atom. The third-order valence-electron chi connectivity index (χ3n) is 6.54. The molecule has 2 amide bonds. The van der Waals surface area contributed by atoms with Crippen LogP contribution in [0.2, 0.25) is 0 Å². The van der Waals surface area contributed by atoms with Gasteiger partial charge in [-0.2, -0.15) is 0 Å². The smallest absolute Gasteiger partial charge is 0.330 e. The first kappa shape index (κ1) is 27.9. The molecule has 1 aromatic rings. The third-order valence-corrected chi connectivity index (χ3v) is 6.54. The summed E-state index contributed by atoms with van der Waals surface area (Å²) in [7, 11) is 1.23. The molecular weight excluding hydrogens is 510 g/mol. The van der Waals surface area contributed by atoms with Crippen molar-refractivity contribution in [3.63, 3.8) is 0 Å². The zero-order chi connectivity index (χ0) is 27.6. The number of primary amides is 1. The maximum atomic E-state index is 12.7. The first-order valence-electron chi connectivity index (χ1n) is 12.0. The lowest BCUT2D eigenvalue weighted by Crippen LogP contribution is -2.54. The maximum Gasteiger partial charge on any atom is 0.330 e. The zero-order valence-electron chi connectivity index (χ0n) is 20.5. The summed E-state index contributed by atoms with van der Waals surface area (Å²) in [5, 5.41) is 33.3. The molecule has 2 fully saturated rings. The second kappa shape index (κ2) is 11.7. The molecule has 2 saturated heterocycles. The van der Waals surface area contributed by atoms with Gasteiger partial charge in [-0.3, -0.25) is 29.4 Å². The molecule has 0 spiro atoms. The summed E-state index contributed by atoms with van der Waals surface area (Å²) in [6.07, 6.45) is -7.56. The minimum absolute atomic E-state index is 0.359. The molecule has 0 saturated carbocycles. The van der Waals surface area contributed by atoms with Crippen LogP contribution in [0.15, 0.2) is 33.7 Å². The number of hydrazine groups is 1. The second-order valence-electron chi connectivity index (χ2n) is 9.15. The van der Waals surface area contributed by atoms with E-state index in [1.807, 2.05) is 4.98 Å². The molecular formula is C22H31N5O11. The summed E-state index contributed by atoms with van der Waals surface area (Å²) in [6, 6.07) is 1.05. The average molecular weight is 542 g/mol. The van der Waals surface area contributed by atoms with Crippen LogP contribution in [0.1, 0.15) is 25.5 Å². The van der Waals surface area contributed by atoms with Crippen molar-refractivity contribution in [2.45, 2.75) is 68.4 Å². The number of carbonyl (C=O) groups excluding carboxylic acids is 2. The highest BCUT2D eigenvalue weighted by Crippen LogP contribution is 2.34. The number of piperidine rings is 1. The molecule has 1 aromatic heterocycles. The fraction of sp³-hybridized carbons (Fsp3) is 0.636. The van der Waals surface area contributed by atoms with Crippen LogP contribution in [0.5, 0.6) is 0 Å². The quantitative estimate of drug-likeness (QED) is 0.186. The average Bonchev–Trinajstić information content (AvgIpc) is 3.20. The molecule has 210 valence electrons. The van der Waals surface area contributed by atoms with Crippen LogP contribution in [0.3, 0.4) is 0 Å². The molecule has 0 bridgehead atoms. The van der Waals surface area contributed by atoms with Gasteiger partial charge in [0, 0.05) is 32.5 Å². The predicted molar refractivity (Wildman–Crippen MR) is 125 cm³/mol. The third kappa shape index (κ3) is 5.80. The standard InChI is InChI=1S/C22H31N5O11/c1-35-16-14(31)15(37-20(16)27-8-5-12(29)24-22(27)34)17(18(23)32)38-21-13(30)10(28)9-11(36-21)19(33)25-26-6-3-2-4-7-26/h5,8-10,13-17,20-21,28,30-31H,2-4,6-7H2,1H3,(H2,23,32)(H,25,33)(H,24,29,34)/t10?,13?,14?,15-,16?,17?,20+,21+/m0/s1. The number of amides is 2. The number of hydrogen-bond acceptors (Lipinski definition) is 12. The number of carbonyl (C=O) groups is 2. The van der Waals surface area contributed by atoms with Crippen molar-refractivity contribution in [2.75, 3.05) is 20.2 Å². The van der Waals surface area contributed by atoms with Gasteiger partial charge in [-0.15, -0.1) is 0 Å². The van der Waals surface area contributed by atoms with E-state index in [-0.39, 0.29) is 5.76 Å². The number of nitrogens with one attached hydrogen (secondary N) is 2. The van der Waals surface area contributed by atoms with Crippen molar-refractivity contribution in [1.29, 1.82) is 0 Å². The number of aromatic nitrogens is 2.